The van der Waals surface area contributed by atoms with Crippen LogP contribution in [0.15, 0.2) is 47.2 Å². The van der Waals surface area contributed by atoms with Crippen LogP contribution >= 0.6 is 11.6 Å². The predicted molar refractivity (Wildman–Crippen MR) is 82.8 cm³/mol. The highest BCUT2D eigenvalue weighted by Crippen LogP contribution is 2.22. The van der Waals surface area contributed by atoms with E-state index in [1.807, 2.05) is 0 Å². The van der Waals surface area contributed by atoms with E-state index in [4.69, 9.17) is 20.9 Å². The minimum atomic E-state index is -0.849. The molecule has 0 fully saturated rings. The number of carbonyl (C=O) groups excluding carboxylic acids is 1. The molecule has 3 rings (SSSR count). The molecule has 1 aromatic carbocycles. The van der Waals surface area contributed by atoms with Crippen LogP contribution in [-0.2, 0) is 4.74 Å². The molecule has 0 saturated heterocycles. The lowest BCUT2D eigenvalue weighted by Gasteiger charge is -2.09. The molecule has 2 aromatic heterocycles. The molecule has 24 heavy (non-hydrogen) atoms. The molecule has 0 radical (unpaired) electrons. The maximum atomic E-state index is 13.7. The Hall–Kier alpha value is -2.80. The normalized spacial score (nSPS) is 12.0. The molecule has 0 aliphatic rings. The molecular formula is C16H11ClFN3O3. The van der Waals surface area contributed by atoms with Crippen molar-refractivity contribution in [2.45, 2.75) is 13.0 Å². The first-order chi connectivity index (χ1) is 11.5. The number of nitrogens with zero attached hydrogens (tertiary/aromatic N) is 3. The molecule has 0 bridgehead atoms. The van der Waals surface area contributed by atoms with Crippen LogP contribution in [0.1, 0.15) is 29.3 Å². The molecule has 0 saturated carbocycles. The van der Waals surface area contributed by atoms with Gasteiger partial charge in [0.2, 0.25) is 5.82 Å². The molecule has 2 heterocycles. The van der Waals surface area contributed by atoms with Crippen molar-refractivity contribution in [3.8, 4) is 11.4 Å². The predicted octanol–water partition coefficient (Wildman–Crippen LogP) is 3.84. The number of rotatable bonds is 4. The van der Waals surface area contributed by atoms with Crippen LogP contribution in [0.4, 0.5) is 4.39 Å². The van der Waals surface area contributed by atoms with Gasteiger partial charge in [0.25, 0.3) is 5.89 Å². The first-order valence-corrected chi connectivity index (χ1v) is 7.32. The zero-order chi connectivity index (χ0) is 17.1. The number of halogens is 2. The summed E-state index contributed by atoms with van der Waals surface area (Å²) < 4.78 is 24.0. The molecule has 0 aliphatic heterocycles. The first kappa shape index (κ1) is 16.1. The third-order valence-electron chi connectivity index (χ3n) is 3.14. The average Bonchev–Trinajstić information content (AvgIpc) is 3.05. The maximum absolute atomic E-state index is 13.7. The molecule has 0 spiro atoms. The fourth-order valence-electron chi connectivity index (χ4n) is 1.94. The monoisotopic (exact) mass is 347 g/mol. The minimum Gasteiger partial charge on any atom is -0.449 e. The second kappa shape index (κ2) is 6.76. The molecule has 6 nitrogen and oxygen atoms in total. The van der Waals surface area contributed by atoms with Crippen LogP contribution in [0.5, 0.6) is 0 Å². The van der Waals surface area contributed by atoms with E-state index in [9.17, 15) is 9.18 Å². The van der Waals surface area contributed by atoms with Gasteiger partial charge in [-0.25, -0.2) is 9.18 Å². The van der Waals surface area contributed by atoms with E-state index in [1.54, 1.807) is 31.5 Å². The molecule has 0 aliphatic carbocycles. The summed E-state index contributed by atoms with van der Waals surface area (Å²) in [5, 5.41) is 4.00. The van der Waals surface area contributed by atoms with Crippen molar-refractivity contribution in [2.24, 2.45) is 0 Å². The molecule has 0 amide bonds. The Kier molecular flexibility index (Phi) is 4.52. The Morgan fingerprint density at radius 2 is 2.21 bits per heavy atom. The zero-order valence-corrected chi connectivity index (χ0v) is 13.2. The van der Waals surface area contributed by atoms with Crippen molar-refractivity contribution < 1.29 is 18.4 Å². The highest BCUT2D eigenvalue weighted by atomic mass is 35.5. The van der Waals surface area contributed by atoms with Gasteiger partial charge in [-0.1, -0.05) is 16.8 Å². The van der Waals surface area contributed by atoms with Gasteiger partial charge >= 0.3 is 5.97 Å². The highest BCUT2D eigenvalue weighted by molar-refractivity contribution is 6.30. The summed E-state index contributed by atoms with van der Waals surface area (Å²) in [6.07, 6.45) is 2.36. The van der Waals surface area contributed by atoms with E-state index >= 15 is 0 Å². The van der Waals surface area contributed by atoms with E-state index < -0.39 is 17.9 Å². The van der Waals surface area contributed by atoms with Gasteiger partial charge in [0.15, 0.2) is 6.10 Å². The Balaban J connectivity index is 1.74. The summed E-state index contributed by atoms with van der Waals surface area (Å²) in [6.45, 7) is 1.55. The Morgan fingerprint density at radius 1 is 1.38 bits per heavy atom. The lowest BCUT2D eigenvalue weighted by atomic mass is 10.2. The minimum absolute atomic E-state index is 0.0941. The van der Waals surface area contributed by atoms with Crippen LogP contribution in [-0.4, -0.2) is 21.1 Å². The molecule has 122 valence electrons. The smallest absolute Gasteiger partial charge is 0.341 e. The molecule has 0 N–H and O–H groups in total. The van der Waals surface area contributed by atoms with Crippen LogP contribution in [0.2, 0.25) is 5.02 Å². The quantitative estimate of drug-likeness (QED) is 0.667. The Bertz CT molecular complexity index is 870. The number of pyridine rings is 1. The fourth-order valence-corrected chi connectivity index (χ4v) is 2.10. The summed E-state index contributed by atoms with van der Waals surface area (Å²) in [4.78, 5) is 20.1. The van der Waals surface area contributed by atoms with E-state index in [1.165, 1.54) is 12.1 Å². The summed E-state index contributed by atoms with van der Waals surface area (Å²) >= 11 is 5.65. The van der Waals surface area contributed by atoms with Gasteiger partial charge in [-0.15, -0.1) is 0 Å². The van der Waals surface area contributed by atoms with Gasteiger partial charge in [-0.05, 0) is 37.3 Å². The van der Waals surface area contributed by atoms with Crippen molar-refractivity contribution in [1.29, 1.82) is 0 Å². The van der Waals surface area contributed by atoms with Crippen molar-refractivity contribution in [2.75, 3.05) is 0 Å². The number of carbonyl (C=O) groups is 1. The number of hydrogen-bond donors (Lipinski definition) is 0. The summed E-state index contributed by atoms with van der Waals surface area (Å²) in [7, 11) is 0. The van der Waals surface area contributed by atoms with Gasteiger partial charge in [0.1, 0.15) is 5.82 Å². The van der Waals surface area contributed by atoms with Gasteiger partial charge in [-0.2, -0.15) is 4.98 Å². The average molecular weight is 348 g/mol. The lowest BCUT2D eigenvalue weighted by molar-refractivity contribution is 0.0260. The summed E-state index contributed by atoms with van der Waals surface area (Å²) in [5.74, 6) is -1.20. The van der Waals surface area contributed by atoms with E-state index in [0.717, 1.165) is 6.07 Å². The number of benzene rings is 1. The highest BCUT2D eigenvalue weighted by Gasteiger charge is 2.22. The molecule has 1 atom stereocenters. The first-order valence-electron chi connectivity index (χ1n) is 6.94. The van der Waals surface area contributed by atoms with Crippen LogP contribution in [0.3, 0.4) is 0 Å². The number of aromatic nitrogens is 3. The Labute approximate surface area is 141 Å². The van der Waals surface area contributed by atoms with Crippen molar-refractivity contribution in [3.05, 3.63) is 65.0 Å². The standard InChI is InChI=1S/C16H11ClFN3O3/c1-9(23-16(22)12-5-4-11(17)7-13(12)18)15-20-14(21-24-15)10-3-2-6-19-8-10/h2-9H,1H3. The van der Waals surface area contributed by atoms with Gasteiger partial charge in [-0.3, -0.25) is 4.98 Å². The van der Waals surface area contributed by atoms with Gasteiger partial charge in [0, 0.05) is 23.0 Å². The van der Waals surface area contributed by atoms with Crippen LogP contribution in [0, 0.1) is 5.82 Å². The van der Waals surface area contributed by atoms with E-state index in [2.05, 4.69) is 15.1 Å². The number of esters is 1. The molecule has 1 unspecified atom stereocenters. The van der Waals surface area contributed by atoms with Gasteiger partial charge in [0.05, 0.1) is 5.56 Å². The molecule has 8 heteroatoms. The maximum Gasteiger partial charge on any atom is 0.341 e. The third kappa shape index (κ3) is 3.41. The largest absolute Gasteiger partial charge is 0.449 e. The summed E-state index contributed by atoms with van der Waals surface area (Å²) in [5.41, 5.74) is 0.438. The number of hydrogen-bond acceptors (Lipinski definition) is 6. The van der Waals surface area contributed by atoms with Crippen LogP contribution in [0.25, 0.3) is 11.4 Å². The third-order valence-corrected chi connectivity index (χ3v) is 3.38. The second-order valence-electron chi connectivity index (χ2n) is 4.87. The summed E-state index contributed by atoms with van der Waals surface area (Å²) in [6, 6.07) is 7.19. The van der Waals surface area contributed by atoms with Gasteiger partial charge < -0.3 is 9.26 Å². The Morgan fingerprint density at radius 3 is 2.92 bits per heavy atom. The number of ether oxygens (including phenoxy) is 1. The van der Waals surface area contributed by atoms with Crippen molar-refractivity contribution >= 4 is 17.6 Å². The lowest BCUT2D eigenvalue weighted by Crippen LogP contribution is -2.11. The van der Waals surface area contributed by atoms with Crippen LogP contribution < -0.4 is 0 Å². The SMILES string of the molecule is CC(OC(=O)c1ccc(Cl)cc1F)c1nc(-c2cccnc2)no1. The van der Waals surface area contributed by atoms with Crippen molar-refractivity contribution in [3.63, 3.8) is 0 Å². The van der Waals surface area contributed by atoms with Crippen molar-refractivity contribution in [1.82, 2.24) is 15.1 Å². The zero-order valence-electron chi connectivity index (χ0n) is 12.4. The molecular weight excluding hydrogens is 337 g/mol. The topological polar surface area (TPSA) is 78.1 Å². The van der Waals surface area contributed by atoms with E-state index in [-0.39, 0.29) is 16.5 Å². The fraction of sp³-hybridized carbons (Fsp3) is 0.125. The van der Waals surface area contributed by atoms with E-state index in [0.29, 0.717) is 11.4 Å². The molecule has 3 aromatic rings. The second-order valence-corrected chi connectivity index (χ2v) is 5.31.